The standard InChI is InChI=1S/C18H18ClNO4/c1-13(20-24-11-14-6-4-3-5-7-14)15-8-9-16(19)17(10-15)23-12-18(21)22-2/h3-10,20H,1,11-12H2,2H3. The maximum Gasteiger partial charge on any atom is 0.343 e. The van der Waals surface area contributed by atoms with E-state index in [0.29, 0.717) is 23.1 Å². The van der Waals surface area contributed by atoms with Crippen molar-refractivity contribution < 1.29 is 19.1 Å². The van der Waals surface area contributed by atoms with Gasteiger partial charge in [-0.25, -0.2) is 4.79 Å². The normalized spacial score (nSPS) is 10.1. The number of carbonyl (C=O) groups excluding carboxylic acids is 1. The summed E-state index contributed by atoms with van der Waals surface area (Å²) in [7, 11) is 1.29. The maximum atomic E-state index is 11.2. The highest BCUT2D eigenvalue weighted by molar-refractivity contribution is 6.32. The minimum absolute atomic E-state index is 0.218. The van der Waals surface area contributed by atoms with Crippen LogP contribution in [0.1, 0.15) is 11.1 Å². The number of nitrogens with one attached hydrogen (secondary N) is 1. The molecular formula is C18H18ClNO4. The summed E-state index contributed by atoms with van der Waals surface area (Å²) in [5, 5.41) is 0.389. The van der Waals surface area contributed by atoms with Gasteiger partial charge in [-0.1, -0.05) is 54.6 Å². The molecule has 0 bridgehead atoms. The first-order valence-electron chi connectivity index (χ1n) is 7.20. The van der Waals surface area contributed by atoms with Crippen molar-refractivity contribution in [2.75, 3.05) is 13.7 Å². The SMILES string of the molecule is C=C(NOCc1ccccc1)c1ccc(Cl)c(OCC(=O)OC)c1. The number of esters is 1. The van der Waals surface area contributed by atoms with E-state index in [4.69, 9.17) is 21.2 Å². The van der Waals surface area contributed by atoms with Crippen LogP contribution in [0, 0.1) is 0 Å². The third-order valence-electron chi connectivity index (χ3n) is 3.13. The molecular weight excluding hydrogens is 330 g/mol. The molecule has 0 amide bonds. The van der Waals surface area contributed by atoms with E-state index in [1.54, 1.807) is 18.2 Å². The van der Waals surface area contributed by atoms with Gasteiger partial charge in [-0.15, -0.1) is 0 Å². The second kappa shape index (κ2) is 8.96. The second-order valence-corrected chi connectivity index (χ2v) is 5.27. The molecule has 0 spiro atoms. The van der Waals surface area contributed by atoms with E-state index in [1.807, 2.05) is 30.3 Å². The van der Waals surface area contributed by atoms with E-state index < -0.39 is 5.97 Å². The summed E-state index contributed by atoms with van der Waals surface area (Å²) in [5.74, 6) is -0.120. The molecule has 6 heteroatoms. The summed E-state index contributed by atoms with van der Waals surface area (Å²) >= 11 is 6.05. The molecule has 0 radical (unpaired) electrons. The van der Waals surface area contributed by atoms with Gasteiger partial charge in [0.1, 0.15) is 5.75 Å². The van der Waals surface area contributed by atoms with Crippen LogP contribution in [0.4, 0.5) is 0 Å². The van der Waals surface area contributed by atoms with Gasteiger partial charge in [-0.3, -0.25) is 10.3 Å². The number of carbonyl (C=O) groups is 1. The molecule has 0 aliphatic carbocycles. The van der Waals surface area contributed by atoms with E-state index in [1.165, 1.54) is 7.11 Å². The third kappa shape index (κ3) is 5.30. The van der Waals surface area contributed by atoms with Crippen molar-refractivity contribution in [1.82, 2.24) is 5.48 Å². The van der Waals surface area contributed by atoms with Crippen LogP contribution < -0.4 is 10.2 Å². The summed E-state index contributed by atoms with van der Waals surface area (Å²) < 4.78 is 9.87. The Balaban J connectivity index is 1.92. The number of hydroxylamine groups is 1. The molecule has 0 unspecified atom stereocenters. The molecule has 0 aliphatic heterocycles. The van der Waals surface area contributed by atoms with Gasteiger partial charge < -0.3 is 9.47 Å². The molecule has 1 N–H and O–H groups in total. The fraction of sp³-hybridized carbons (Fsp3) is 0.167. The zero-order valence-corrected chi connectivity index (χ0v) is 14.0. The van der Waals surface area contributed by atoms with Crippen molar-refractivity contribution >= 4 is 23.3 Å². The lowest BCUT2D eigenvalue weighted by Crippen LogP contribution is -2.14. The number of rotatable bonds is 8. The Bertz CT molecular complexity index is 703. The molecule has 2 aromatic carbocycles. The van der Waals surface area contributed by atoms with Gasteiger partial charge in [0.05, 0.1) is 24.4 Å². The topological polar surface area (TPSA) is 56.8 Å². The third-order valence-corrected chi connectivity index (χ3v) is 3.44. The molecule has 2 aromatic rings. The van der Waals surface area contributed by atoms with Crippen LogP contribution in [-0.4, -0.2) is 19.7 Å². The monoisotopic (exact) mass is 347 g/mol. The Labute approximate surface area is 145 Å². The van der Waals surface area contributed by atoms with Gasteiger partial charge in [0.2, 0.25) is 0 Å². The van der Waals surface area contributed by atoms with Crippen LogP contribution in [0.2, 0.25) is 5.02 Å². The molecule has 0 aliphatic rings. The van der Waals surface area contributed by atoms with Crippen molar-refractivity contribution in [3.63, 3.8) is 0 Å². The molecule has 0 aromatic heterocycles. The van der Waals surface area contributed by atoms with Crippen molar-refractivity contribution in [1.29, 1.82) is 0 Å². The van der Waals surface area contributed by atoms with Gasteiger partial charge in [0.25, 0.3) is 0 Å². The first kappa shape index (κ1) is 17.8. The highest BCUT2D eigenvalue weighted by atomic mass is 35.5. The number of hydrogen-bond acceptors (Lipinski definition) is 5. The Morgan fingerprint density at radius 3 is 2.67 bits per heavy atom. The summed E-state index contributed by atoms with van der Waals surface area (Å²) in [6.07, 6.45) is 0. The molecule has 24 heavy (non-hydrogen) atoms. The van der Waals surface area contributed by atoms with Crippen LogP contribution >= 0.6 is 11.6 Å². The maximum absolute atomic E-state index is 11.2. The average molecular weight is 348 g/mol. The summed E-state index contributed by atoms with van der Waals surface area (Å²) in [4.78, 5) is 16.6. The van der Waals surface area contributed by atoms with Crippen molar-refractivity contribution in [2.24, 2.45) is 0 Å². The van der Waals surface area contributed by atoms with E-state index in [9.17, 15) is 4.79 Å². The van der Waals surface area contributed by atoms with Gasteiger partial charge in [0, 0.05) is 5.56 Å². The fourth-order valence-corrected chi connectivity index (χ4v) is 2.01. The average Bonchev–Trinajstić information content (AvgIpc) is 2.61. The Kier molecular flexibility index (Phi) is 6.66. The number of hydrogen-bond donors (Lipinski definition) is 1. The Hall–Kier alpha value is -2.50. The van der Waals surface area contributed by atoms with Crippen LogP contribution in [0.5, 0.6) is 5.75 Å². The van der Waals surface area contributed by atoms with Gasteiger partial charge in [-0.05, 0) is 17.7 Å². The Morgan fingerprint density at radius 1 is 1.21 bits per heavy atom. The molecule has 0 saturated carbocycles. The molecule has 2 rings (SSSR count). The number of methoxy groups -OCH3 is 1. The van der Waals surface area contributed by atoms with E-state index >= 15 is 0 Å². The number of ether oxygens (including phenoxy) is 2. The van der Waals surface area contributed by atoms with Gasteiger partial charge in [0.15, 0.2) is 6.61 Å². The molecule has 0 fully saturated rings. The van der Waals surface area contributed by atoms with Gasteiger partial charge in [-0.2, -0.15) is 0 Å². The lowest BCUT2D eigenvalue weighted by molar-refractivity contribution is -0.142. The number of halogens is 1. The van der Waals surface area contributed by atoms with Crippen LogP contribution in [-0.2, 0) is 21.0 Å². The van der Waals surface area contributed by atoms with Crippen LogP contribution in [0.15, 0.2) is 55.1 Å². The van der Waals surface area contributed by atoms with Gasteiger partial charge >= 0.3 is 5.97 Å². The highest BCUT2D eigenvalue weighted by Gasteiger charge is 2.08. The second-order valence-electron chi connectivity index (χ2n) is 4.86. The smallest absolute Gasteiger partial charge is 0.343 e. The predicted octanol–water partition coefficient (Wildman–Crippen LogP) is 3.58. The lowest BCUT2D eigenvalue weighted by atomic mass is 10.2. The number of benzene rings is 2. The lowest BCUT2D eigenvalue weighted by Gasteiger charge is -2.12. The van der Waals surface area contributed by atoms with E-state index in [0.717, 1.165) is 11.1 Å². The van der Waals surface area contributed by atoms with Crippen LogP contribution in [0.25, 0.3) is 5.70 Å². The zero-order valence-electron chi connectivity index (χ0n) is 13.3. The van der Waals surface area contributed by atoms with E-state index in [-0.39, 0.29) is 6.61 Å². The zero-order chi connectivity index (χ0) is 17.4. The molecule has 0 saturated heterocycles. The minimum Gasteiger partial charge on any atom is -0.480 e. The summed E-state index contributed by atoms with van der Waals surface area (Å²) in [6.45, 7) is 4.10. The minimum atomic E-state index is -0.486. The van der Waals surface area contributed by atoms with Crippen molar-refractivity contribution in [3.8, 4) is 5.75 Å². The van der Waals surface area contributed by atoms with E-state index in [2.05, 4.69) is 16.8 Å². The fourth-order valence-electron chi connectivity index (χ4n) is 1.84. The summed E-state index contributed by atoms with van der Waals surface area (Å²) in [6, 6.07) is 14.9. The summed E-state index contributed by atoms with van der Waals surface area (Å²) in [5.41, 5.74) is 5.10. The Morgan fingerprint density at radius 2 is 1.96 bits per heavy atom. The quantitative estimate of drug-likeness (QED) is 0.584. The predicted molar refractivity (Wildman–Crippen MR) is 92.4 cm³/mol. The molecule has 126 valence electrons. The first-order chi connectivity index (χ1) is 11.6. The highest BCUT2D eigenvalue weighted by Crippen LogP contribution is 2.27. The van der Waals surface area contributed by atoms with Crippen molar-refractivity contribution in [3.05, 3.63) is 71.3 Å². The molecule has 5 nitrogen and oxygen atoms in total. The largest absolute Gasteiger partial charge is 0.480 e. The first-order valence-corrected chi connectivity index (χ1v) is 7.58. The molecule has 0 heterocycles. The van der Waals surface area contributed by atoms with Crippen LogP contribution in [0.3, 0.4) is 0 Å². The van der Waals surface area contributed by atoms with Crippen molar-refractivity contribution in [2.45, 2.75) is 6.61 Å². The molecule has 0 atom stereocenters.